The molecule has 2 unspecified atom stereocenters. The standard InChI is InChI=1S/C24H26F2N2O4S/c1-24(2,30)21(16-6-4-3-5-7-16)22(29)27-12-17-14-28(15-18(17)13-27)33(31)20-10-8-19(9-11-20)32-23(25)26/h3-11,21,23,30H,12-15H2,1-2H3. The molecule has 2 aliphatic rings. The highest BCUT2D eigenvalue weighted by Gasteiger charge is 2.41. The van der Waals surface area contributed by atoms with Gasteiger partial charge in [-0.15, -0.1) is 0 Å². The van der Waals surface area contributed by atoms with Gasteiger partial charge in [-0.1, -0.05) is 30.3 Å². The van der Waals surface area contributed by atoms with E-state index < -0.39 is 29.1 Å². The number of alkyl halides is 2. The predicted molar refractivity (Wildman–Crippen MR) is 120 cm³/mol. The Kier molecular flexibility index (Phi) is 6.65. The van der Waals surface area contributed by atoms with Gasteiger partial charge in [0.25, 0.3) is 0 Å². The number of halogens is 2. The van der Waals surface area contributed by atoms with Crippen LogP contribution in [-0.2, 0) is 15.8 Å². The Morgan fingerprint density at radius 1 is 1.00 bits per heavy atom. The molecule has 1 amide bonds. The lowest BCUT2D eigenvalue weighted by Gasteiger charge is -2.33. The van der Waals surface area contributed by atoms with Gasteiger partial charge in [-0.2, -0.15) is 8.78 Å². The molecular formula is C24H26F2N2O4S. The van der Waals surface area contributed by atoms with Crippen molar-refractivity contribution in [2.24, 2.45) is 0 Å². The summed E-state index contributed by atoms with van der Waals surface area (Å²) < 4.78 is 43.7. The Morgan fingerprint density at radius 3 is 2.09 bits per heavy atom. The molecular weight excluding hydrogens is 450 g/mol. The van der Waals surface area contributed by atoms with Crippen LogP contribution in [-0.4, -0.2) is 62.8 Å². The van der Waals surface area contributed by atoms with Crippen LogP contribution in [0.3, 0.4) is 0 Å². The van der Waals surface area contributed by atoms with E-state index in [4.69, 9.17) is 0 Å². The van der Waals surface area contributed by atoms with Gasteiger partial charge >= 0.3 is 6.61 Å². The van der Waals surface area contributed by atoms with E-state index in [0.29, 0.717) is 31.1 Å². The molecule has 0 spiro atoms. The fourth-order valence-electron chi connectivity index (χ4n) is 4.39. The number of nitrogens with zero attached hydrogens (tertiary/aromatic N) is 2. The third-order valence-electron chi connectivity index (χ3n) is 5.88. The van der Waals surface area contributed by atoms with Gasteiger partial charge < -0.3 is 14.7 Å². The smallest absolute Gasteiger partial charge is 0.387 e. The van der Waals surface area contributed by atoms with Crippen molar-refractivity contribution in [2.45, 2.75) is 36.9 Å². The number of ether oxygens (including phenoxy) is 1. The highest BCUT2D eigenvalue weighted by molar-refractivity contribution is 7.82. The van der Waals surface area contributed by atoms with Crippen LogP contribution in [0.15, 0.2) is 70.6 Å². The van der Waals surface area contributed by atoms with Gasteiger partial charge in [0, 0.05) is 26.2 Å². The van der Waals surface area contributed by atoms with Gasteiger partial charge in [0.2, 0.25) is 5.91 Å². The highest BCUT2D eigenvalue weighted by atomic mass is 32.2. The van der Waals surface area contributed by atoms with Gasteiger partial charge in [0.1, 0.15) is 16.7 Å². The van der Waals surface area contributed by atoms with E-state index in [1.54, 1.807) is 23.1 Å². The van der Waals surface area contributed by atoms with Crippen molar-refractivity contribution in [3.63, 3.8) is 0 Å². The highest BCUT2D eigenvalue weighted by Crippen LogP contribution is 2.34. The zero-order valence-corrected chi connectivity index (χ0v) is 19.2. The number of benzene rings is 2. The Labute approximate surface area is 194 Å². The van der Waals surface area contributed by atoms with Crippen molar-refractivity contribution in [3.8, 4) is 5.75 Å². The average Bonchev–Trinajstić information content (AvgIpc) is 3.33. The number of carbonyl (C=O) groups is 1. The second-order valence-electron chi connectivity index (χ2n) is 8.80. The molecule has 0 fully saturated rings. The Bertz CT molecular complexity index is 1050. The summed E-state index contributed by atoms with van der Waals surface area (Å²) in [4.78, 5) is 15.6. The maximum Gasteiger partial charge on any atom is 0.387 e. The van der Waals surface area contributed by atoms with Crippen LogP contribution >= 0.6 is 0 Å². The molecule has 176 valence electrons. The maximum absolute atomic E-state index is 13.4. The molecule has 0 saturated carbocycles. The topological polar surface area (TPSA) is 70.1 Å². The minimum absolute atomic E-state index is 0.0155. The van der Waals surface area contributed by atoms with Gasteiger partial charge in [-0.3, -0.25) is 4.79 Å². The molecule has 0 saturated heterocycles. The molecule has 0 aromatic heterocycles. The molecule has 2 aliphatic heterocycles. The van der Waals surface area contributed by atoms with Crippen molar-refractivity contribution in [3.05, 3.63) is 71.3 Å². The first kappa shape index (κ1) is 23.5. The quantitative estimate of drug-likeness (QED) is 0.623. The number of hydrogen-bond donors (Lipinski definition) is 1. The molecule has 2 atom stereocenters. The maximum atomic E-state index is 13.4. The number of amides is 1. The molecule has 0 radical (unpaired) electrons. The van der Waals surface area contributed by atoms with E-state index in [9.17, 15) is 22.9 Å². The Hall–Kier alpha value is -2.62. The zero-order valence-electron chi connectivity index (χ0n) is 18.4. The van der Waals surface area contributed by atoms with E-state index in [1.807, 2.05) is 30.3 Å². The number of carbonyl (C=O) groups excluding carboxylic acids is 1. The van der Waals surface area contributed by atoms with Gasteiger partial charge in [0.05, 0.1) is 16.4 Å². The van der Waals surface area contributed by atoms with Gasteiger partial charge in [-0.25, -0.2) is 8.51 Å². The van der Waals surface area contributed by atoms with E-state index >= 15 is 0 Å². The molecule has 2 heterocycles. The van der Waals surface area contributed by atoms with Crippen LogP contribution < -0.4 is 4.74 Å². The number of aliphatic hydroxyl groups is 1. The van der Waals surface area contributed by atoms with Crippen LogP contribution in [0.25, 0.3) is 0 Å². The van der Waals surface area contributed by atoms with Crippen molar-refractivity contribution < 1.29 is 27.6 Å². The average molecular weight is 477 g/mol. The molecule has 1 N–H and O–H groups in total. The minimum Gasteiger partial charge on any atom is -0.435 e. The molecule has 6 nitrogen and oxygen atoms in total. The summed E-state index contributed by atoms with van der Waals surface area (Å²) in [6.07, 6.45) is 0. The Morgan fingerprint density at radius 2 is 1.58 bits per heavy atom. The third kappa shape index (κ3) is 5.15. The second-order valence-corrected chi connectivity index (χ2v) is 10.3. The first-order chi connectivity index (χ1) is 15.6. The van der Waals surface area contributed by atoms with Gasteiger partial charge in [0.15, 0.2) is 0 Å². The monoisotopic (exact) mass is 476 g/mol. The lowest BCUT2D eigenvalue weighted by molar-refractivity contribution is -0.137. The Balaban J connectivity index is 1.40. The third-order valence-corrected chi connectivity index (χ3v) is 7.28. The van der Waals surface area contributed by atoms with Crippen LogP contribution in [0.5, 0.6) is 5.75 Å². The molecule has 0 bridgehead atoms. The van der Waals surface area contributed by atoms with Crippen LogP contribution in [0.2, 0.25) is 0 Å². The summed E-state index contributed by atoms with van der Waals surface area (Å²) in [5.74, 6) is -0.801. The van der Waals surface area contributed by atoms with Crippen LogP contribution in [0, 0.1) is 0 Å². The van der Waals surface area contributed by atoms with Crippen molar-refractivity contribution >= 4 is 16.9 Å². The molecule has 4 rings (SSSR count). The summed E-state index contributed by atoms with van der Waals surface area (Å²) >= 11 is 0. The number of rotatable bonds is 7. The molecule has 2 aromatic carbocycles. The normalized spacial score (nSPS) is 18.5. The van der Waals surface area contributed by atoms with Gasteiger partial charge in [-0.05, 0) is 54.8 Å². The van der Waals surface area contributed by atoms with Crippen LogP contribution in [0.4, 0.5) is 8.78 Å². The summed E-state index contributed by atoms with van der Waals surface area (Å²) in [5.41, 5.74) is 1.65. The second kappa shape index (κ2) is 9.32. The lowest BCUT2D eigenvalue weighted by atomic mass is 9.83. The molecule has 33 heavy (non-hydrogen) atoms. The molecule has 0 aliphatic carbocycles. The SMILES string of the molecule is CC(C)(O)C(C(=O)N1CC2=C(C1)CN(S(=O)c1ccc(OC(F)F)cc1)C2)c1ccccc1. The van der Waals surface area contributed by atoms with Crippen molar-refractivity contribution in [1.82, 2.24) is 9.21 Å². The van der Waals surface area contributed by atoms with E-state index in [0.717, 1.165) is 16.7 Å². The lowest BCUT2D eigenvalue weighted by Crippen LogP contribution is -2.44. The van der Waals surface area contributed by atoms with E-state index in [1.165, 1.54) is 24.3 Å². The largest absolute Gasteiger partial charge is 0.435 e. The predicted octanol–water partition coefficient (Wildman–Crippen LogP) is 3.32. The summed E-state index contributed by atoms with van der Waals surface area (Å²) in [5, 5.41) is 10.7. The van der Waals surface area contributed by atoms with Crippen molar-refractivity contribution in [1.29, 1.82) is 0 Å². The molecule has 9 heteroatoms. The first-order valence-corrected chi connectivity index (χ1v) is 11.7. The summed E-state index contributed by atoms with van der Waals surface area (Å²) in [7, 11) is -1.46. The van der Waals surface area contributed by atoms with E-state index in [-0.39, 0.29) is 11.7 Å². The van der Waals surface area contributed by atoms with E-state index in [2.05, 4.69) is 4.74 Å². The first-order valence-electron chi connectivity index (χ1n) is 10.6. The fourth-order valence-corrected chi connectivity index (χ4v) is 5.60. The fraction of sp³-hybridized carbons (Fsp3) is 0.375. The number of hydrogen-bond acceptors (Lipinski definition) is 4. The minimum atomic E-state index is -2.91. The summed E-state index contributed by atoms with van der Waals surface area (Å²) in [6, 6.07) is 15.0. The molecule has 2 aromatic rings. The van der Waals surface area contributed by atoms with Crippen molar-refractivity contribution in [2.75, 3.05) is 26.2 Å². The summed E-state index contributed by atoms with van der Waals surface area (Å²) in [6.45, 7) is 2.16. The van der Waals surface area contributed by atoms with Crippen LogP contribution in [0.1, 0.15) is 25.3 Å². The zero-order chi connectivity index (χ0) is 23.8.